The highest BCUT2D eigenvalue weighted by Gasteiger charge is 2.14. The highest BCUT2D eigenvalue weighted by atomic mass is 16.5. The molecule has 0 radical (unpaired) electrons. The standard InChI is InChI=1S/C16H19N7O2/c1-4-13-20-15(25-23-13)11-5-7-12(8-6-11)19-16(24)17-9(2)14-18-10(3)21-22-14/h5-9H,4H2,1-3H3,(H2,17,19,24)(H,18,21,22). The highest BCUT2D eigenvalue weighted by Crippen LogP contribution is 2.20. The van der Waals surface area contributed by atoms with Gasteiger partial charge >= 0.3 is 6.03 Å². The zero-order valence-electron chi connectivity index (χ0n) is 14.2. The number of rotatable bonds is 5. The lowest BCUT2D eigenvalue weighted by Gasteiger charge is -2.11. The maximum atomic E-state index is 12.1. The molecule has 0 aliphatic rings. The number of aromatic amines is 1. The minimum absolute atomic E-state index is 0.310. The second-order valence-corrected chi connectivity index (χ2v) is 5.55. The number of carbonyl (C=O) groups excluding carboxylic acids is 1. The average molecular weight is 341 g/mol. The van der Waals surface area contributed by atoms with Gasteiger partial charge in [-0.25, -0.2) is 9.78 Å². The minimum atomic E-state index is -0.339. The summed E-state index contributed by atoms with van der Waals surface area (Å²) in [5.41, 5.74) is 1.44. The van der Waals surface area contributed by atoms with Gasteiger partial charge in [0, 0.05) is 17.7 Å². The summed E-state index contributed by atoms with van der Waals surface area (Å²) in [4.78, 5) is 20.5. The summed E-state index contributed by atoms with van der Waals surface area (Å²) < 4.78 is 5.19. The summed E-state index contributed by atoms with van der Waals surface area (Å²) >= 11 is 0. The second-order valence-electron chi connectivity index (χ2n) is 5.55. The van der Waals surface area contributed by atoms with Crippen LogP contribution in [-0.4, -0.2) is 31.4 Å². The van der Waals surface area contributed by atoms with E-state index in [2.05, 4.69) is 36.0 Å². The minimum Gasteiger partial charge on any atom is -0.334 e. The Morgan fingerprint density at radius 2 is 2.04 bits per heavy atom. The molecule has 1 atom stereocenters. The summed E-state index contributed by atoms with van der Waals surface area (Å²) in [7, 11) is 0. The van der Waals surface area contributed by atoms with Crippen LogP contribution in [0.4, 0.5) is 10.5 Å². The van der Waals surface area contributed by atoms with Crippen molar-refractivity contribution < 1.29 is 9.32 Å². The van der Waals surface area contributed by atoms with Gasteiger partial charge in [0.05, 0.1) is 6.04 Å². The van der Waals surface area contributed by atoms with Crippen molar-refractivity contribution in [2.24, 2.45) is 0 Å². The molecule has 0 aliphatic heterocycles. The van der Waals surface area contributed by atoms with E-state index in [4.69, 9.17) is 4.52 Å². The molecule has 0 bridgehead atoms. The van der Waals surface area contributed by atoms with Gasteiger partial charge in [-0.2, -0.15) is 10.1 Å². The number of anilines is 1. The van der Waals surface area contributed by atoms with Gasteiger partial charge in [-0.1, -0.05) is 12.1 Å². The number of nitrogens with zero attached hydrogens (tertiary/aromatic N) is 4. The molecule has 2 heterocycles. The molecule has 2 aromatic heterocycles. The first-order valence-electron chi connectivity index (χ1n) is 7.94. The van der Waals surface area contributed by atoms with E-state index in [1.54, 1.807) is 19.1 Å². The lowest BCUT2D eigenvalue weighted by molar-refractivity contribution is 0.249. The molecule has 25 heavy (non-hydrogen) atoms. The van der Waals surface area contributed by atoms with E-state index in [1.807, 2.05) is 26.0 Å². The molecule has 0 saturated carbocycles. The smallest absolute Gasteiger partial charge is 0.319 e. The third-order valence-corrected chi connectivity index (χ3v) is 3.52. The van der Waals surface area contributed by atoms with Crippen LogP contribution in [0.25, 0.3) is 11.5 Å². The monoisotopic (exact) mass is 341 g/mol. The van der Waals surface area contributed by atoms with Crippen LogP contribution in [0.5, 0.6) is 0 Å². The molecular formula is C16H19N7O2. The van der Waals surface area contributed by atoms with Gasteiger partial charge in [-0.15, -0.1) is 0 Å². The van der Waals surface area contributed by atoms with Crippen LogP contribution in [0.3, 0.4) is 0 Å². The fraction of sp³-hybridized carbons (Fsp3) is 0.312. The first kappa shape index (κ1) is 16.6. The normalized spacial score (nSPS) is 12.0. The van der Waals surface area contributed by atoms with Gasteiger partial charge in [-0.3, -0.25) is 5.10 Å². The van der Waals surface area contributed by atoms with E-state index in [0.717, 1.165) is 5.56 Å². The van der Waals surface area contributed by atoms with Crippen molar-refractivity contribution in [3.05, 3.63) is 41.7 Å². The van der Waals surface area contributed by atoms with Crippen molar-refractivity contribution in [2.75, 3.05) is 5.32 Å². The molecule has 1 aromatic carbocycles. The van der Waals surface area contributed by atoms with E-state index in [-0.39, 0.29) is 12.1 Å². The van der Waals surface area contributed by atoms with Gasteiger partial charge in [0.25, 0.3) is 5.89 Å². The number of amides is 2. The molecule has 9 nitrogen and oxygen atoms in total. The van der Waals surface area contributed by atoms with Crippen LogP contribution < -0.4 is 10.6 Å². The largest absolute Gasteiger partial charge is 0.334 e. The van der Waals surface area contributed by atoms with E-state index in [1.165, 1.54) is 0 Å². The summed E-state index contributed by atoms with van der Waals surface area (Å²) in [6.45, 7) is 5.57. The van der Waals surface area contributed by atoms with Crippen LogP contribution in [0, 0.1) is 6.92 Å². The Bertz CT molecular complexity index is 854. The Hall–Kier alpha value is -3.23. The molecular weight excluding hydrogens is 322 g/mol. The van der Waals surface area contributed by atoms with Crippen LogP contribution in [0.2, 0.25) is 0 Å². The first-order chi connectivity index (χ1) is 12.0. The first-order valence-corrected chi connectivity index (χ1v) is 7.94. The number of benzene rings is 1. The number of carbonyl (C=O) groups is 1. The van der Waals surface area contributed by atoms with Crippen molar-refractivity contribution in [3.63, 3.8) is 0 Å². The lowest BCUT2D eigenvalue weighted by atomic mass is 10.2. The topological polar surface area (TPSA) is 122 Å². The number of urea groups is 1. The molecule has 3 N–H and O–H groups in total. The molecule has 3 rings (SSSR count). The van der Waals surface area contributed by atoms with Crippen molar-refractivity contribution in [2.45, 2.75) is 33.2 Å². The molecule has 0 saturated heterocycles. The Morgan fingerprint density at radius 3 is 2.64 bits per heavy atom. The van der Waals surface area contributed by atoms with Crippen LogP contribution in [0.1, 0.15) is 37.4 Å². The van der Waals surface area contributed by atoms with Crippen molar-refractivity contribution in [3.8, 4) is 11.5 Å². The Balaban J connectivity index is 1.60. The lowest BCUT2D eigenvalue weighted by Crippen LogP contribution is -2.31. The molecule has 1 unspecified atom stereocenters. The van der Waals surface area contributed by atoms with E-state index < -0.39 is 0 Å². The van der Waals surface area contributed by atoms with Crippen LogP contribution >= 0.6 is 0 Å². The molecule has 0 fully saturated rings. The van der Waals surface area contributed by atoms with Crippen molar-refractivity contribution >= 4 is 11.7 Å². The summed E-state index contributed by atoms with van der Waals surface area (Å²) in [5.74, 6) is 2.35. The van der Waals surface area contributed by atoms with Gasteiger partial charge in [0.1, 0.15) is 5.82 Å². The molecule has 9 heteroatoms. The highest BCUT2D eigenvalue weighted by molar-refractivity contribution is 5.89. The summed E-state index contributed by atoms with van der Waals surface area (Å²) in [6.07, 6.45) is 0.714. The van der Waals surface area contributed by atoms with Crippen molar-refractivity contribution in [1.29, 1.82) is 0 Å². The Labute approximate surface area is 144 Å². The van der Waals surface area contributed by atoms with E-state index >= 15 is 0 Å². The predicted octanol–water partition coefficient (Wildman–Crippen LogP) is 2.61. The molecule has 2 amide bonds. The average Bonchev–Trinajstić information content (AvgIpc) is 3.24. The molecule has 0 aliphatic carbocycles. The maximum Gasteiger partial charge on any atom is 0.319 e. The SMILES string of the molecule is CCc1noc(-c2ccc(NC(=O)NC(C)c3n[nH]c(C)n3)cc2)n1. The van der Waals surface area contributed by atoms with Gasteiger partial charge < -0.3 is 15.2 Å². The molecule has 130 valence electrons. The van der Waals surface area contributed by atoms with Crippen molar-refractivity contribution in [1.82, 2.24) is 30.6 Å². The quantitative estimate of drug-likeness (QED) is 0.656. The van der Waals surface area contributed by atoms with Gasteiger partial charge in [0.2, 0.25) is 0 Å². The van der Waals surface area contributed by atoms with Gasteiger partial charge in [0.15, 0.2) is 11.6 Å². The fourth-order valence-electron chi connectivity index (χ4n) is 2.19. The number of aromatic nitrogens is 5. The summed E-state index contributed by atoms with van der Waals surface area (Å²) in [5, 5.41) is 16.2. The molecule has 3 aromatic rings. The maximum absolute atomic E-state index is 12.1. The van der Waals surface area contributed by atoms with Crippen LogP contribution in [0.15, 0.2) is 28.8 Å². The third-order valence-electron chi connectivity index (χ3n) is 3.52. The third kappa shape index (κ3) is 4.00. The molecule has 0 spiro atoms. The predicted molar refractivity (Wildman–Crippen MR) is 90.8 cm³/mol. The second kappa shape index (κ2) is 7.12. The summed E-state index contributed by atoms with van der Waals surface area (Å²) in [6, 6.07) is 6.51. The van der Waals surface area contributed by atoms with E-state index in [9.17, 15) is 4.79 Å². The van der Waals surface area contributed by atoms with E-state index in [0.29, 0.717) is 35.5 Å². The number of hydrogen-bond donors (Lipinski definition) is 3. The number of hydrogen-bond acceptors (Lipinski definition) is 6. The number of nitrogens with one attached hydrogen (secondary N) is 3. The fourth-order valence-corrected chi connectivity index (χ4v) is 2.19. The van der Waals surface area contributed by atoms with Crippen LogP contribution in [-0.2, 0) is 6.42 Å². The number of H-pyrrole nitrogens is 1. The number of aryl methyl sites for hydroxylation is 2. The zero-order valence-corrected chi connectivity index (χ0v) is 14.2. The van der Waals surface area contributed by atoms with Gasteiger partial charge in [-0.05, 0) is 38.1 Å². The zero-order chi connectivity index (χ0) is 17.8. The Morgan fingerprint density at radius 1 is 1.28 bits per heavy atom. The Kier molecular flexibility index (Phi) is 4.73.